The summed E-state index contributed by atoms with van der Waals surface area (Å²) in [6, 6.07) is 4.26. The van der Waals surface area contributed by atoms with Gasteiger partial charge in [0.25, 0.3) is 0 Å². The highest BCUT2D eigenvalue weighted by atomic mass is 16.5. The zero-order valence-corrected chi connectivity index (χ0v) is 13.7. The summed E-state index contributed by atoms with van der Waals surface area (Å²) in [7, 11) is 1.69. The zero-order valence-electron chi connectivity index (χ0n) is 13.7. The molecule has 0 atom stereocenters. The Balaban J connectivity index is 2.75. The molecule has 0 aliphatic carbocycles. The van der Waals surface area contributed by atoms with Gasteiger partial charge in [0.15, 0.2) is 0 Å². The Morgan fingerprint density at radius 2 is 1.95 bits per heavy atom. The summed E-state index contributed by atoms with van der Waals surface area (Å²) in [4.78, 5) is 10.4. The van der Waals surface area contributed by atoms with E-state index in [0.717, 1.165) is 24.2 Å². The summed E-state index contributed by atoms with van der Waals surface area (Å²) in [6.45, 7) is 8.86. The normalized spacial score (nSPS) is 11.5. The van der Waals surface area contributed by atoms with Gasteiger partial charge >= 0.3 is 5.97 Å². The van der Waals surface area contributed by atoms with Crippen LogP contribution in [0.3, 0.4) is 0 Å². The number of aliphatic carboxylic acids is 1. The lowest BCUT2D eigenvalue weighted by Crippen LogP contribution is -2.14. The van der Waals surface area contributed by atoms with Crippen LogP contribution in [-0.2, 0) is 21.4 Å². The fourth-order valence-corrected chi connectivity index (χ4v) is 2.57. The Labute approximate surface area is 127 Å². The minimum absolute atomic E-state index is 0.0838. The maximum absolute atomic E-state index is 10.4. The third kappa shape index (κ3) is 5.05. The molecular formula is C17H26O4. The van der Waals surface area contributed by atoms with Gasteiger partial charge in [0.2, 0.25) is 0 Å². The van der Waals surface area contributed by atoms with E-state index in [2.05, 4.69) is 39.8 Å². The molecule has 0 saturated heterocycles. The number of rotatable bonds is 7. The van der Waals surface area contributed by atoms with E-state index >= 15 is 0 Å². The number of hydrogen-bond donors (Lipinski definition) is 1. The van der Waals surface area contributed by atoms with Crippen molar-refractivity contribution in [2.75, 3.05) is 20.3 Å². The predicted molar refractivity (Wildman–Crippen MR) is 83.2 cm³/mol. The molecule has 0 spiro atoms. The SMILES string of the molecule is COc1c(CCCOCC(=O)O)ccc(C(C)(C)C)c1C. The van der Waals surface area contributed by atoms with E-state index in [1.807, 2.05) is 0 Å². The lowest BCUT2D eigenvalue weighted by molar-refractivity contribution is -0.142. The summed E-state index contributed by atoms with van der Waals surface area (Å²) >= 11 is 0. The molecule has 4 heteroatoms. The van der Waals surface area contributed by atoms with Crippen molar-refractivity contribution in [2.45, 2.75) is 46.0 Å². The van der Waals surface area contributed by atoms with Crippen LogP contribution < -0.4 is 4.74 Å². The summed E-state index contributed by atoms with van der Waals surface area (Å²) in [5, 5.41) is 8.51. The quantitative estimate of drug-likeness (QED) is 0.784. The molecule has 1 aromatic carbocycles. The smallest absolute Gasteiger partial charge is 0.329 e. The van der Waals surface area contributed by atoms with Crippen LogP contribution in [0.5, 0.6) is 5.75 Å². The molecular weight excluding hydrogens is 268 g/mol. The molecule has 21 heavy (non-hydrogen) atoms. The minimum atomic E-state index is -0.932. The molecule has 0 aliphatic heterocycles. The molecule has 0 radical (unpaired) electrons. The Bertz CT molecular complexity index is 486. The molecule has 1 rings (SSSR count). The van der Waals surface area contributed by atoms with Crippen LogP contribution in [0.1, 0.15) is 43.9 Å². The van der Waals surface area contributed by atoms with Gasteiger partial charge < -0.3 is 14.6 Å². The van der Waals surface area contributed by atoms with Crippen molar-refractivity contribution in [3.05, 3.63) is 28.8 Å². The average molecular weight is 294 g/mol. The highest BCUT2D eigenvalue weighted by molar-refractivity contribution is 5.67. The third-order valence-corrected chi connectivity index (χ3v) is 3.46. The molecule has 1 aromatic rings. The first-order valence-electron chi connectivity index (χ1n) is 7.24. The molecule has 0 bridgehead atoms. The number of carbonyl (C=O) groups is 1. The molecule has 0 unspecified atom stereocenters. The second-order valence-corrected chi connectivity index (χ2v) is 6.23. The first-order valence-corrected chi connectivity index (χ1v) is 7.24. The minimum Gasteiger partial charge on any atom is -0.496 e. The largest absolute Gasteiger partial charge is 0.496 e. The van der Waals surface area contributed by atoms with Gasteiger partial charge in [-0.1, -0.05) is 32.9 Å². The molecule has 4 nitrogen and oxygen atoms in total. The van der Waals surface area contributed by atoms with E-state index in [9.17, 15) is 4.79 Å². The zero-order chi connectivity index (χ0) is 16.0. The second-order valence-electron chi connectivity index (χ2n) is 6.23. The van der Waals surface area contributed by atoms with Crippen LogP contribution in [0.4, 0.5) is 0 Å². The van der Waals surface area contributed by atoms with Crippen molar-refractivity contribution in [2.24, 2.45) is 0 Å². The summed E-state index contributed by atoms with van der Waals surface area (Å²) in [5.74, 6) is -0.00128. The van der Waals surface area contributed by atoms with Gasteiger partial charge in [0.1, 0.15) is 12.4 Å². The summed E-state index contributed by atoms with van der Waals surface area (Å²) in [5.41, 5.74) is 3.68. The maximum Gasteiger partial charge on any atom is 0.329 e. The molecule has 0 amide bonds. The number of aryl methyl sites for hydroxylation is 1. The van der Waals surface area contributed by atoms with Gasteiger partial charge in [0, 0.05) is 6.61 Å². The first-order chi connectivity index (χ1) is 9.77. The first kappa shape index (κ1) is 17.5. The molecule has 0 fully saturated rings. The van der Waals surface area contributed by atoms with E-state index in [0.29, 0.717) is 6.61 Å². The van der Waals surface area contributed by atoms with Gasteiger partial charge in [-0.05, 0) is 41.9 Å². The molecule has 0 aromatic heterocycles. The number of carboxylic acid groups (broad SMARTS) is 1. The Morgan fingerprint density at radius 3 is 2.48 bits per heavy atom. The van der Waals surface area contributed by atoms with Crippen molar-refractivity contribution in [3.8, 4) is 5.75 Å². The maximum atomic E-state index is 10.4. The van der Waals surface area contributed by atoms with Crippen LogP contribution in [-0.4, -0.2) is 31.4 Å². The van der Waals surface area contributed by atoms with Crippen molar-refractivity contribution in [3.63, 3.8) is 0 Å². The van der Waals surface area contributed by atoms with Crippen LogP contribution in [0.15, 0.2) is 12.1 Å². The Morgan fingerprint density at radius 1 is 1.29 bits per heavy atom. The highest BCUT2D eigenvalue weighted by Gasteiger charge is 2.20. The van der Waals surface area contributed by atoms with Crippen molar-refractivity contribution >= 4 is 5.97 Å². The van der Waals surface area contributed by atoms with Gasteiger partial charge in [-0.2, -0.15) is 0 Å². The second kappa shape index (κ2) is 7.46. The van der Waals surface area contributed by atoms with Crippen molar-refractivity contribution in [1.82, 2.24) is 0 Å². The molecule has 0 saturated carbocycles. The van der Waals surface area contributed by atoms with Gasteiger partial charge in [0.05, 0.1) is 7.11 Å². The topological polar surface area (TPSA) is 55.8 Å². The number of carboxylic acids is 1. The molecule has 0 heterocycles. The van der Waals surface area contributed by atoms with Crippen LogP contribution in [0.2, 0.25) is 0 Å². The molecule has 118 valence electrons. The molecule has 1 N–H and O–H groups in total. The van der Waals surface area contributed by atoms with Gasteiger partial charge in [-0.3, -0.25) is 0 Å². The summed E-state index contributed by atoms with van der Waals surface area (Å²) < 4.78 is 10.6. The number of hydrogen-bond acceptors (Lipinski definition) is 3. The van der Waals surface area contributed by atoms with E-state index in [1.54, 1.807) is 7.11 Å². The van der Waals surface area contributed by atoms with E-state index < -0.39 is 5.97 Å². The number of methoxy groups -OCH3 is 1. The lowest BCUT2D eigenvalue weighted by Gasteiger charge is -2.24. The van der Waals surface area contributed by atoms with Gasteiger partial charge in [-0.25, -0.2) is 4.79 Å². The molecule has 0 aliphatic rings. The lowest BCUT2D eigenvalue weighted by atomic mass is 9.82. The monoisotopic (exact) mass is 294 g/mol. The predicted octanol–water partition coefficient (Wildman–Crippen LogP) is 3.33. The van der Waals surface area contributed by atoms with Crippen LogP contribution in [0, 0.1) is 6.92 Å². The number of benzene rings is 1. The Kier molecular flexibility index (Phi) is 6.21. The fourth-order valence-electron chi connectivity index (χ4n) is 2.57. The highest BCUT2D eigenvalue weighted by Crippen LogP contribution is 2.34. The summed E-state index contributed by atoms with van der Waals surface area (Å²) in [6.07, 6.45) is 1.59. The van der Waals surface area contributed by atoms with E-state index in [1.165, 1.54) is 11.1 Å². The van der Waals surface area contributed by atoms with Crippen molar-refractivity contribution < 1.29 is 19.4 Å². The third-order valence-electron chi connectivity index (χ3n) is 3.46. The Hall–Kier alpha value is -1.55. The average Bonchev–Trinajstić information content (AvgIpc) is 2.36. The van der Waals surface area contributed by atoms with E-state index in [-0.39, 0.29) is 12.0 Å². The van der Waals surface area contributed by atoms with Crippen LogP contribution in [0.25, 0.3) is 0 Å². The van der Waals surface area contributed by atoms with Crippen LogP contribution >= 0.6 is 0 Å². The van der Waals surface area contributed by atoms with Gasteiger partial charge in [-0.15, -0.1) is 0 Å². The standard InChI is InChI=1S/C17H26O4/c1-12-14(17(2,3)4)9-8-13(16(12)20-5)7-6-10-21-11-15(18)19/h8-9H,6-7,10-11H2,1-5H3,(H,18,19). The fraction of sp³-hybridized carbons (Fsp3) is 0.588. The van der Waals surface area contributed by atoms with E-state index in [4.69, 9.17) is 14.6 Å². The van der Waals surface area contributed by atoms with Crippen molar-refractivity contribution in [1.29, 1.82) is 0 Å². The number of ether oxygens (including phenoxy) is 2.